The molecule has 3 rings (SSSR count). The summed E-state index contributed by atoms with van der Waals surface area (Å²) in [7, 11) is 0. The van der Waals surface area contributed by atoms with E-state index < -0.39 is 12.1 Å². The van der Waals surface area contributed by atoms with Gasteiger partial charge in [-0.3, -0.25) is 4.79 Å². The Morgan fingerprint density at radius 1 is 1.16 bits per heavy atom. The minimum Gasteiger partial charge on any atom is -0.448 e. The highest BCUT2D eigenvalue weighted by atomic mass is 16.5. The molecule has 1 amide bonds. The molecule has 5 nitrogen and oxygen atoms in total. The molecule has 0 radical (unpaired) electrons. The van der Waals surface area contributed by atoms with E-state index in [0.717, 1.165) is 30.2 Å². The number of nitrogens with zero attached hydrogens (tertiary/aromatic N) is 1. The second-order valence-corrected chi connectivity index (χ2v) is 6.81. The smallest absolute Gasteiger partial charge is 0.357 e. The lowest BCUT2D eigenvalue weighted by Crippen LogP contribution is -2.46. The van der Waals surface area contributed by atoms with E-state index >= 15 is 0 Å². The van der Waals surface area contributed by atoms with E-state index in [2.05, 4.69) is 17.2 Å². The molecule has 0 spiro atoms. The number of hydrogen-bond acceptors (Lipinski definition) is 4. The lowest BCUT2D eigenvalue weighted by Gasteiger charge is -2.30. The second kappa shape index (κ2) is 7.64. The molecular formula is C20H24N2O3. The zero-order valence-electron chi connectivity index (χ0n) is 14.7. The number of para-hydroxylation sites is 1. The van der Waals surface area contributed by atoms with Gasteiger partial charge >= 0.3 is 5.97 Å². The van der Waals surface area contributed by atoms with Gasteiger partial charge in [0.2, 0.25) is 0 Å². The SMILES string of the molecule is C[C@H](OC(=O)c1ccc2ccccc2n1)C(=O)N[C@H]1CCCC[C@@H]1C. The Hall–Kier alpha value is -2.43. The Balaban J connectivity index is 1.61. The summed E-state index contributed by atoms with van der Waals surface area (Å²) in [5.41, 5.74) is 0.939. The quantitative estimate of drug-likeness (QED) is 0.865. The minimum absolute atomic E-state index is 0.168. The van der Waals surface area contributed by atoms with E-state index in [1.807, 2.05) is 30.3 Å². The predicted octanol–water partition coefficient (Wildman–Crippen LogP) is 3.48. The first-order valence-corrected chi connectivity index (χ1v) is 8.92. The van der Waals surface area contributed by atoms with Crippen LogP contribution >= 0.6 is 0 Å². The van der Waals surface area contributed by atoms with Crippen molar-refractivity contribution in [2.24, 2.45) is 5.92 Å². The molecule has 0 bridgehead atoms. The third-order valence-electron chi connectivity index (χ3n) is 4.90. The largest absolute Gasteiger partial charge is 0.448 e. The van der Waals surface area contributed by atoms with Crippen LogP contribution in [-0.2, 0) is 9.53 Å². The van der Waals surface area contributed by atoms with Gasteiger partial charge in [0.05, 0.1) is 5.52 Å². The van der Waals surface area contributed by atoms with Gasteiger partial charge in [-0.05, 0) is 37.8 Å². The molecule has 5 heteroatoms. The summed E-state index contributed by atoms with van der Waals surface area (Å²) in [6.07, 6.45) is 3.62. The molecule has 0 aliphatic heterocycles. The van der Waals surface area contributed by atoms with Gasteiger partial charge in [0.25, 0.3) is 5.91 Å². The van der Waals surface area contributed by atoms with Crippen LogP contribution in [0.25, 0.3) is 10.9 Å². The lowest BCUT2D eigenvalue weighted by atomic mass is 9.86. The van der Waals surface area contributed by atoms with Crippen LogP contribution in [0.2, 0.25) is 0 Å². The van der Waals surface area contributed by atoms with Crippen LogP contribution < -0.4 is 5.32 Å². The van der Waals surface area contributed by atoms with Crippen molar-refractivity contribution >= 4 is 22.8 Å². The summed E-state index contributed by atoms with van der Waals surface area (Å²) >= 11 is 0. The number of carbonyl (C=O) groups is 2. The highest BCUT2D eigenvalue weighted by Crippen LogP contribution is 2.23. The van der Waals surface area contributed by atoms with Crippen molar-refractivity contribution in [3.63, 3.8) is 0 Å². The Morgan fingerprint density at radius 3 is 2.72 bits per heavy atom. The van der Waals surface area contributed by atoms with E-state index in [1.165, 1.54) is 6.42 Å². The Morgan fingerprint density at radius 2 is 1.92 bits per heavy atom. The van der Waals surface area contributed by atoms with Gasteiger partial charge in [0.15, 0.2) is 6.10 Å². The molecule has 0 saturated heterocycles. The fraction of sp³-hybridized carbons (Fsp3) is 0.450. The number of nitrogens with one attached hydrogen (secondary N) is 1. The fourth-order valence-corrected chi connectivity index (χ4v) is 3.28. The van der Waals surface area contributed by atoms with Crippen LogP contribution in [0.3, 0.4) is 0 Å². The first kappa shape index (κ1) is 17.4. The Kier molecular flexibility index (Phi) is 5.31. The van der Waals surface area contributed by atoms with E-state index in [4.69, 9.17) is 4.74 Å². The molecule has 1 aromatic carbocycles. The number of pyridine rings is 1. The summed E-state index contributed by atoms with van der Waals surface area (Å²) in [4.78, 5) is 28.9. The van der Waals surface area contributed by atoms with Crippen LogP contribution in [0.4, 0.5) is 0 Å². The van der Waals surface area contributed by atoms with E-state index in [0.29, 0.717) is 5.92 Å². The number of esters is 1. The van der Waals surface area contributed by atoms with Crippen LogP contribution in [0, 0.1) is 5.92 Å². The molecule has 25 heavy (non-hydrogen) atoms. The highest BCUT2D eigenvalue weighted by Gasteiger charge is 2.26. The Labute approximate surface area is 147 Å². The number of ether oxygens (including phenoxy) is 1. The summed E-state index contributed by atoms with van der Waals surface area (Å²) in [5, 5.41) is 3.97. The molecule has 2 aromatic rings. The van der Waals surface area contributed by atoms with E-state index in [1.54, 1.807) is 13.0 Å². The topological polar surface area (TPSA) is 68.3 Å². The number of carbonyl (C=O) groups excluding carboxylic acids is 2. The maximum Gasteiger partial charge on any atom is 0.357 e. The average molecular weight is 340 g/mol. The van der Waals surface area contributed by atoms with Crippen LogP contribution in [0.1, 0.15) is 50.0 Å². The molecule has 1 aromatic heterocycles. The molecule has 1 aliphatic carbocycles. The van der Waals surface area contributed by atoms with E-state index in [9.17, 15) is 9.59 Å². The summed E-state index contributed by atoms with van der Waals surface area (Å²) in [6.45, 7) is 3.75. The summed E-state index contributed by atoms with van der Waals surface area (Å²) < 4.78 is 5.31. The van der Waals surface area contributed by atoms with Crippen molar-refractivity contribution in [2.75, 3.05) is 0 Å². The Bertz CT molecular complexity index is 774. The van der Waals surface area contributed by atoms with Crippen molar-refractivity contribution < 1.29 is 14.3 Å². The molecule has 1 aliphatic rings. The number of benzene rings is 1. The normalized spacial score (nSPS) is 21.5. The van der Waals surface area contributed by atoms with Crippen molar-refractivity contribution in [3.8, 4) is 0 Å². The van der Waals surface area contributed by atoms with Crippen molar-refractivity contribution in [1.82, 2.24) is 10.3 Å². The molecule has 1 saturated carbocycles. The number of aromatic nitrogens is 1. The molecular weight excluding hydrogens is 316 g/mol. The second-order valence-electron chi connectivity index (χ2n) is 6.81. The zero-order chi connectivity index (χ0) is 17.8. The maximum absolute atomic E-state index is 12.3. The van der Waals surface area contributed by atoms with Gasteiger partial charge in [-0.15, -0.1) is 0 Å². The lowest BCUT2D eigenvalue weighted by molar-refractivity contribution is -0.130. The summed E-state index contributed by atoms with van der Waals surface area (Å²) in [6, 6.07) is 11.2. The molecule has 1 N–H and O–H groups in total. The van der Waals surface area contributed by atoms with Gasteiger partial charge in [0.1, 0.15) is 5.69 Å². The predicted molar refractivity (Wildman–Crippen MR) is 96.2 cm³/mol. The average Bonchev–Trinajstić information content (AvgIpc) is 2.63. The molecule has 132 valence electrons. The third-order valence-corrected chi connectivity index (χ3v) is 4.90. The summed E-state index contributed by atoms with van der Waals surface area (Å²) in [5.74, 6) is -0.360. The van der Waals surface area contributed by atoms with E-state index in [-0.39, 0.29) is 17.6 Å². The zero-order valence-corrected chi connectivity index (χ0v) is 14.7. The van der Waals surface area contributed by atoms with Gasteiger partial charge in [-0.1, -0.05) is 44.0 Å². The van der Waals surface area contributed by atoms with Crippen LogP contribution in [0.15, 0.2) is 36.4 Å². The third kappa shape index (κ3) is 4.16. The minimum atomic E-state index is -0.838. The monoisotopic (exact) mass is 340 g/mol. The van der Waals surface area contributed by atoms with Gasteiger partial charge in [0, 0.05) is 11.4 Å². The standard InChI is InChI=1S/C20H24N2O3/c1-13-7-3-5-9-16(13)22-19(23)14(2)25-20(24)18-12-11-15-8-4-6-10-17(15)21-18/h4,6,8,10-14,16H,3,5,7,9H2,1-2H3,(H,22,23)/t13-,14-,16-/m0/s1. The van der Waals surface area contributed by atoms with Crippen molar-refractivity contribution in [2.45, 2.75) is 51.7 Å². The van der Waals surface area contributed by atoms with Gasteiger partial charge in [-0.2, -0.15) is 0 Å². The molecule has 1 fully saturated rings. The molecule has 3 atom stereocenters. The number of fused-ring (bicyclic) bond motifs is 1. The first-order chi connectivity index (χ1) is 12.0. The number of amides is 1. The van der Waals surface area contributed by atoms with Crippen molar-refractivity contribution in [3.05, 3.63) is 42.1 Å². The van der Waals surface area contributed by atoms with Crippen LogP contribution in [-0.4, -0.2) is 29.0 Å². The van der Waals surface area contributed by atoms with Crippen molar-refractivity contribution in [1.29, 1.82) is 0 Å². The number of hydrogen-bond donors (Lipinski definition) is 1. The molecule has 1 heterocycles. The molecule has 0 unspecified atom stereocenters. The first-order valence-electron chi connectivity index (χ1n) is 8.92. The van der Waals surface area contributed by atoms with Crippen LogP contribution in [0.5, 0.6) is 0 Å². The highest BCUT2D eigenvalue weighted by molar-refractivity contribution is 5.93. The number of rotatable bonds is 4. The maximum atomic E-state index is 12.3. The fourth-order valence-electron chi connectivity index (χ4n) is 3.28. The van der Waals surface area contributed by atoms with Gasteiger partial charge < -0.3 is 10.1 Å². The van der Waals surface area contributed by atoms with Gasteiger partial charge in [-0.25, -0.2) is 9.78 Å².